The lowest BCUT2D eigenvalue weighted by Crippen LogP contribution is -2.68. The van der Waals surface area contributed by atoms with Crippen LogP contribution in [0.4, 0.5) is 4.79 Å². The van der Waals surface area contributed by atoms with E-state index >= 15 is 0 Å². The first-order valence-corrected chi connectivity index (χ1v) is 12.1. The third kappa shape index (κ3) is 3.12. The van der Waals surface area contributed by atoms with Crippen LogP contribution in [0, 0.1) is 28.6 Å². The highest BCUT2D eigenvalue weighted by atomic mass is 16.5. The average Bonchev–Trinajstić information content (AvgIpc) is 3.28. The Kier molecular flexibility index (Phi) is 5.19. The summed E-state index contributed by atoms with van der Waals surface area (Å²) in [6.45, 7) is 2.45. The molecular weight excluding hydrogens is 426 g/mol. The van der Waals surface area contributed by atoms with Crippen molar-refractivity contribution >= 4 is 18.2 Å². The number of hydrazone groups is 1. The molecule has 5 rings (SSSR count). The van der Waals surface area contributed by atoms with Crippen molar-refractivity contribution in [1.82, 2.24) is 5.43 Å². The van der Waals surface area contributed by atoms with E-state index in [4.69, 9.17) is 10.5 Å². The number of hydrogen-bond acceptors (Lipinski definition) is 7. The Bertz CT molecular complexity index is 922. The maximum Gasteiger partial charge on any atom is 0.332 e. The SMILES string of the molecule is CC12CCC3C(CCC4(O)CC(O)CCC34C=NNC(N)=O)C1(O)CCC2C1=CC(=O)OC1. The van der Waals surface area contributed by atoms with Crippen LogP contribution >= 0.6 is 0 Å². The Morgan fingerprint density at radius 1 is 1.18 bits per heavy atom. The molecule has 182 valence electrons. The number of aliphatic hydroxyl groups is 3. The predicted octanol–water partition coefficient (Wildman–Crippen LogP) is 1.35. The molecule has 5 aliphatic rings. The van der Waals surface area contributed by atoms with Crippen molar-refractivity contribution in [3.63, 3.8) is 0 Å². The molecule has 0 saturated heterocycles. The van der Waals surface area contributed by atoms with Gasteiger partial charge in [-0.25, -0.2) is 15.0 Å². The molecule has 0 bridgehead atoms. The van der Waals surface area contributed by atoms with Gasteiger partial charge in [-0.15, -0.1) is 0 Å². The number of rotatable bonds is 3. The minimum absolute atomic E-state index is 0.0468. The van der Waals surface area contributed by atoms with Gasteiger partial charge in [0.05, 0.1) is 17.3 Å². The molecule has 2 amide bonds. The molecule has 9 heteroatoms. The molecule has 33 heavy (non-hydrogen) atoms. The largest absolute Gasteiger partial charge is 0.458 e. The van der Waals surface area contributed by atoms with Gasteiger partial charge in [-0.2, -0.15) is 5.10 Å². The second kappa shape index (κ2) is 7.52. The summed E-state index contributed by atoms with van der Waals surface area (Å²) in [5.41, 5.74) is 5.21. The number of carbonyl (C=O) groups excluding carboxylic acids is 2. The van der Waals surface area contributed by atoms with Gasteiger partial charge < -0.3 is 25.8 Å². The molecule has 4 aliphatic carbocycles. The van der Waals surface area contributed by atoms with Gasteiger partial charge in [-0.1, -0.05) is 6.92 Å². The van der Waals surface area contributed by atoms with Gasteiger partial charge in [0.15, 0.2) is 0 Å². The van der Waals surface area contributed by atoms with Crippen LogP contribution in [0.1, 0.15) is 64.7 Å². The maximum absolute atomic E-state index is 12.3. The van der Waals surface area contributed by atoms with Crippen LogP contribution < -0.4 is 11.2 Å². The smallest absolute Gasteiger partial charge is 0.332 e. The summed E-state index contributed by atoms with van der Waals surface area (Å²) in [4.78, 5) is 23.0. The molecule has 0 aromatic rings. The lowest BCUT2D eigenvalue weighted by Gasteiger charge is -2.65. The molecule has 1 heterocycles. The molecule has 1 aliphatic heterocycles. The van der Waals surface area contributed by atoms with E-state index in [-0.39, 0.29) is 35.6 Å². The van der Waals surface area contributed by atoms with Crippen LogP contribution in [0.2, 0.25) is 0 Å². The monoisotopic (exact) mass is 461 g/mol. The van der Waals surface area contributed by atoms with E-state index in [2.05, 4.69) is 17.5 Å². The third-order valence-electron chi connectivity index (χ3n) is 10.1. The fourth-order valence-electron chi connectivity index (χ4n) is 8.57. The van der Waals surface area contributed by atoms with Gasteiger partial charge in [0.1, 0.15) is 6.61 Å². The lowest BCUT2D eigenvalue weighted by molar-refractivity contribution is -0.237. The molecule has 0 radical (unpaired) electrons. The van der Waals surface area contributed by atoms with Crippen LogP contribution in [-0.4, -0.2) is 57.4 Å². The summed E-state index contributed by atoms with van der Waals surface area (Å²) >= 11 is 0. The quantitative estimate of drug-likeness (QED) is 0.243. The van der Waals surface area contributed by atoms with E-state index in [0.717, 1.165) is 24.8 Å². The number of urea groups is 1. The topological polar surface area (TPSA) is 154 Å². The van der Waals surface area contributed by atoms with E-state index in [9.17, 15) is 24.9 Å². The molecule has 4 saturated carbocycles. The van der Waals surface area contributed by atoms with Gasteiger partial charge in [-0.3, -0.25) is 0 Å². The Balaban J connectivity index is 1.52. The number of nitrogens with two attached hydrogens (primary N) is 1. The maximum atomic E-state index is 12.3. The van der Waals surface area contributed by atoms with Crippen LogP contribution in [0.15, 0.2) is 16.8 Å². The molecule has 0 spiro atoms. The van der Waals surface area contributed by atoms with E-state index in [1.54, 1.807) is 12.3 Å². The van der Waals surface area contributed by atoms with Crippen molar-refractivity contribution in [2.24, 2.45) is 39.4 Å². The fourth-order valence-corrected chi connectivity index (χ4v) is 8.57. The zero-order valence-corrected chi connectivity index (χ0v) is 19.1. The number of nitrogens with zero attached hydrogens (tertiary/aromatic N) is 1. The highest BCUT2D eigenvalue weighted by Crippen LogP contribution is 2.70. The van der Waals surface area contributed by atoms with Crippen molar-refractivity contribution in [3.05, 3.63) is 11.6 Å². The molecule has 0 aromatic heterocycles. The molecule has 8 unspecified atom stereocenters. The van der Waals surface area contributed by atoms with Crippen molar-refractivity contribution in [1.29, 1.82) is 0 Å². The minimum Gasteiger partial charge on any atom is -0.458 e. The standard InChI is InChI=1S/C24H35N3O6/c1-21-6-3-17-18(24(21,32)9-5-16(21)14-10-19(29)33-12-14)4-8-23(31)11-15(28)2-7-22(17,23)13-26-27-20(25)30/h10,13,15-18,28,31-32H,2-9,11-12H2,1H3,(H3,25,27,30). The second-order valence-corrected chi connectivity index (χ2v) is 11.3. The summed E-state index contributed by atoms with van der Waals surface area (Å²) in [6, 6.07) is -0.774. The Hall–Kier alpha value is -1.97. The zero-order valence-electron chi connectivity index (χ0n) is 19.1. The van der Waals surface area contributed by atoms with Crippen molar-refractivity contribution in [2.45, 2.75) is 82.0 Å². The normalized spacial score (nSPS) is 49.1. The number of aliphatic hydroxyl groups excluding tert-OH is 1. The van der Waals surface area contributed by atoms with E-state index < -0.39 is 28.8 Å². The van der Waals surface area contributed by atoms with E-state index in [0.29, 0.717) is 38.7 Å². The molecule has 0 aromatic carbocycles. The fraction of sp³-hybridized carbons (Fsp3) is 0.792. The molecule has 8 atom stereocenters. The Morgan fingerprint density at radius 3 is 2.64 bits per heavy atom. The summed E-state index contributed by atoms with van der Waals surface area (Å²) in [5.74, 6) is -0.326. The molecule has 9 nitrogen and oxygen atoms in total. The second-order valence-electron chi connectivity index (χ2n) is 11.3. The van der Waals surface area contributed by atoms with E-state index in [1.807, 2.05) is 0 Å². The van der Waals surface area contributed by atoms with Crippen LogP contribution in [0.3, 0.4) is 0 Å². The Labute approximate surface area is 193 Å². The summed E-state index contributed by atoms with van der Waals surface area (Å²) in [7, 11) is 0. The van der Waals surface area contributed by atoms with Gasteiger partial charge in [-0.05, 0) is 74.7 Å². The molecule has 6 N–H and O–H groups in total. The van der Waals surface area contributed by atoms with Gasteiger partial charge in [0.25, 0.3) is 0 Å². The minimum atomic E-state index is -1.16. The van der Waals surface area contributed by atoms with Crippen LogP contribution in [-0.2, 0) is 9.53 Å². The lowest BCUT2D eigenvalue weighted by atomic mass is 9.41. The van der Waals surface area contributed by atoms with Crippen molar-refractivity contribution in [3.8, 4) is 0 Å². The predicted molar refractivity (Wildman–Crippen MR) is 119 cm³/mol. The van der Waals surface area contributed by atoms with Crippen molar-refractivity contribution in [2.75, 3.05) is 6.61 Å². The number of primary amides is 1. The summed E-state index contributed by atoms with van der Waals surface area (Å²) < 4.78 is 5.18. The van der Waals surface area contributed by atoms with Crippen molar-refractivity contribution < 1.29 is 29.6 Å². The first kappa shape index (κ1) is 22.8. The van der Waals surface area contributed by atoms with Gasteiger partial charge in [0, 0.05) is 29.5 Å². The number of cyclic esters (lactones) is 1. The van der Waals surface area contributed by atoms with Gasteiger partial charge in [0.2, 0.25) is 0 Å². The number of hydrogen-bond donors (Lipinski definition) is 5. The first-order chi connectivity index (χ1) is 15.5. The number of ether oxygens (including phenoxy) is 1. The zero-order chi connectivity index (χ0) is 23.6. The molecular formula is C24H35N3O6. The summed E-state index contributed by atoms with van der Waals surface area (Å²) in [6.07, 6.45) is 8.02. The molecule has 4 fully saturated rings. The number of carbonyl (C=O) groups is 2. The third-order valence-corrected chi connectivity index (χ3v) is 10.1. The highest BCUT2D eigenvalue weighted by Gasteiger charge is 2.71. The van der Waals surface area contributed by atoms with Crippen LogP contribution in [0.25, 0.3) is 0 Å². The average molecular weight is 462 g/mol. The Morgan fingerprint density at radius 2 is 1.94 bits per heavy atom. The van der Waals surface area contributed by atoms with Crippen LogP contribution in [0.5, 0.6) is 0 Å². The first-order valence-electron chi connectivity index (χ1n) is 12.1. The van der Waals surface area contributed by atoms with E-state index in [1.165, 1.54) is 0 Å². The summed E-state index contributed by atoms with van der Waals surface area (Å²) in [5, 5.41) is 38.6. The number of esters is 1. The number of nitrogens with one attached hydrogen (secondary N) is 1. The number of fused-ring (bicyclic) bond motifs is 5. The van der Waals surface area contributed by atoms with Gasteiger partial charge >= 0.3 is 12.0 Å². The highest BCUT2D eigenvalue weighted by molar-refractivity contribution is 5.85. The number of amides is 2.